The molecule has 0 saturated carbocycles. The molecule has 1 aromatic carbocycles. The van der Waals surface area contributed by atoms with E-state index in [-0.39, 0.29) is 6.04 Å². The third-order valence-electron chi connectivity index (χ3n) is 3.02. The summed E-state index contributed by atoms with van der Waals surface area (Å²) in [6, 6.07) is 8.32. The van der Waals surface area contributed by atoms with Gasteiger partial charge in [-0.2, -0.15) is 0 Å². The highest BCUT2D eigenvalue weighted by molar-refractivity contribution is 7.11. The van der Waals surface area contributed by atoms with Gasteiger partial charge in [0.2, 0.25) is 0 Å². The summed E-state index contributed by atoms with van der Waals surface area (Å²) in [5, 5.41) is 4.48. The molecule has 4 heteroatoms. The van der Waals surface area contributed by atoms with Crippen LogP contribution in [-0.2, 0) is 0 Å². The summed E-state index contributed by atoms with van der Waals surface area (Å²) in [5.74, 6) is 0.940. The first-order valence-electron chi connectivity index (χ1n) is 6.50. The number of thiazole rings is 1. The van der Waals surface area contributed by atoms with Gasteiger partial charge in [-0.05, 0) is 33.9 Å². The maximum Gasteiger partial charge on any atom is 0.124 e. The van der Waals surface area contributed by atoms with Gasteiger partial charge in [0.15, 0.2) is 0 Å². The fourth-order valence-electron chi connectivity index (χ4n) is 2.25. The molecule has 0 saturated heterocycles. The number of para-hydroxylation sites is 1. The smallest absolute Gasteiger partial charge is 0.124 e. The van der Waals surface area contributed by atoms with Crippen molar-refractivity contribution in [1.82, 2.24) is 10.3 Å². The first kappa shape index (κ1) is 14.0. The van der Waals surface area contributed by atoms with Crippen molar-refractivity contribution in [3.05, 3.63) is 45.4 Å². The predicted octanol–water partition coefficient (Wildman–Crippen LogP) is 3.47. The minimum atomic E-state index is 0.133. The highest BCUT2D eigenvalue weighted by Crippen LogP contribution is 2.34. The topological polar surface area (TPSA) is 34.1 Å². The van der Waals surface area contributed by atoms with Crippen molar-refractivity contribution in [3.63, 3.8) is 0 Å². The summed E-state index contributed by atoms with van der Waals surface area (Å²) in [7, 11) is 1.97. The van der Waals surface area contributed by atoms with Gasteiger partial charge >= 0.3 is 0 Å². The minimum Gasteiger partial charge on any atom is -0.494 e. The number of ether oxygens (including phenoxy) is 1. The first-order chi connectivity index (χ1) is 9.17. The van der Waals surface area contributed by atoms with Gasteiger partial charge in [-0.15, -0.1) is 11.3 Å². The van der Waals surface area contributed by atoms with Crippen molar-refractivity contribution in [3.8, 4) is 5.75 Å². The van der Waals surface area contributed by atoms with Gasteiger partial charge in [0, 0.05) is 10.4 Å². The molecule has 1 heterocycles. The van der Waals surface area contributed by atoms with Crippen molar-refractivity contribution in [2.45, 2.75) is 26.8 Å². The molecule has 0 aliphatic heterocycles. The van der Waals surface area contributed by atoms with Crippen LogP contribution in [0.25, 0.3) is 0 Å². The molecule has 102 valence electrons. The highest BCUT2D eigenvalue weighted by Gasteiger charge is 2.20. The molecule has 1 atom stereocenters. The average molecular weight is 276 g/mol. The number of nitrogens with one attached hydrogen (secondary N) is 1. The first-order valence-corrected chi connectivity index (χ1v) is 7.32. The molecule has 2 aromatic rings. The van der Waals surface area contributed by atoms with Gasteiger partial charge in [-0.25, -0.2) is 4.98 Å². The Morgan fingerprint density at radius 1 is 1.32 bits per heavy atom. The highest BCUT2D eigenvalue weighted by atomic mass is 32.1. The molecule has 0 radical (unpaired) electrons. The largest absolute Gasteiger partial charge is 0.494 e. The number of nitrogens with zero attached hydrogens (tertiary/aromatic N) is 1. The van der Waals surface area contributed by atoms with E-state index in [9.17, 15) is 0 Å². The fourth-order valence-corrected chi connectivity index (χ4v) is 3.31. The lowest BCUT2D eigenvalue weighted by molar-refractivity contribution is 0.334. The average Bonchev–Trinajstić information content (AvgIpc) is 2.72. The van der Waals surface area contributed by atoms with E-state index in [0.29, 0.717) is 6.61 Å². The standard InChI is InChI=1S/C15H20N2OS/c1-5-18-13-9-7-6-8-12(13)14(16-4)15-10(2)17-11(3)19-15/h6-9,14,16H,5H2,1-4H3. The second kappa shape index (κ2) is 6.17. The maximum absolute atomic E-state index is 5.73. The van der Waals surface area contributed by atoms with Crippen LogP contribution in [0.3, 0.4) is 0 Å². The van der Waals surface area contributed by atoms with Crippen LogP contribution in [0.15, 0.2) is 24.3 Å². The molecule has 0 aliphatic carbocycles. The predicted molar refractivity (Wildman–Crippen MR) is 80.1 cm³/mol. The number of hydrogen-bond acceptors (Lipinski definition) is 4. The van der Waals surface area contributed by atoms with Crippen molar-refractivity contribution in [1.29, 1.82) is 0 Å². The van der Waals surface area contributed by atoms with E-state index >= 15 is 0 Å². The number of hydrogen-bond donors (Lipinski definition) is 1. The molecule has 0 fully saturated rings. The maximum atomic E-state index is 5.73. The Labute approximate surface area is 118 Å². The van der Waals surface area contributed by atoms with Crippen molar-refractivity contribution in [2.75, 3.05) is 13.7 Å². The van der Waals surface area contributed by atoms with Gasteiger partial charge in [0.25, 0.3) is 0 Å². The van der Waals surface area contributed by atoms with E-state index in [0.717, 1.165) is 16.5 Å². The van der Waals surface area contributed by atoms with Crippen LogP contribution in [0.1, 0.15) is 34.1 Å². The van der Waals surface area contributed by atoms with Crippen LogP contribution in [0.2, 0.25) is 0 Å². The zero-order chi connectivity index (χ0) is 13.8. The Morgan fingerprint density at radius 3 is 2.63 bits per heavy atom. The SMILES string of the molecule is CCOc1ccccc1C(NC)c1sc(C)nc1C. The molecule has 1 unspecified atom stereocenters. The minimum absolute atomic E-state index is 0.133. The summed E-state index contributed by atoms with van der Waals surface area (Å²) >= 11 is 1.74. The molecule has 19 heavy (non-hydrogen) atoms. The van der Waals surface area contributed by atoms with Gasteiger partial charge in [-0.1, -0.05) is 18.2 Å². The molecule has 0 aliphatic rings. The lowest BCUT2D eigenvalue weighted by atomic mass is 10.0. The van der Waals surface area contributed by atoms with E-state index in [4.69, 9.17) is 4.74 Å². The third kappa shape index (κ3) is 2.96. The quantitative estimate of drug-likeness (QED) is 0.908. The Balaban J connectivity index is 2.45. The number of benzene rings is 1. The van der Waals surface area contributed by atoms with Crippen LogP contribution in [0.5, 0.6) is 5.75 Å². The zero-order valence-electron chi connectivity index (χ0n) is 11.9. The van der Waals surface area contributed by atoms with E-state index < -0.39 is 0 Å². The summed E-state index contributed by atoms with van der Waals surface area (Å²) in [6.45, 7) is 6.79. The van der Waals surface area contributed by atoms with Gasteiger partial charge in [0.05, 0.1) is 23.4 Å². The van der Waals surface area contributed by atoms with E-state index in [1.807, 2.05) is 39.1 Å². The Bertz CT molecular complexity index is 551. The van der Waals surface area contributed by atoms with E-state index in [1.54, 1.807) is 11.3 Å². The Kier molecular flexibility index (Phi) is 4.56. The van der Waals surface area contributed by atoms with Crippen LogP contribution in [-0.4, -0.2) is 18.6 Å². The Morgan fingerprint density at radius 2 is 2.05 bits per heavy atom. The lowest BCUT2D eigenvalue weighted by Crippen LogP contribution is -2.18. The van der Waals surface area contributed by atoms with Crippen LogP contribution >= 0.6 is 11.3 Å². The normalized spacial score (nSPS) is 12.4. The van der Waals surface area contributed by atoms with Crippen LogP contribution < -0.4 is 10.1 Å². The summed E-state index contributed by atoms with van der Waals surface area (Å²) in [6.07, 6.45) is 0. The Hall–Kier alpha value is -1.39. The zero-order valence-corrected chi connectivity index (χ0v) is 12.7. The van der Waals surface area contributed by atoms with Gasteiger partial charge in [0.1, 0.15) is 5.75 Å². The van der Waals surface area contributed by atoms with E-state index in [1.165, 1.54) is 10.4 Å². The van der Waals surface area contributed by atoms with Crippen molar-refractivity contribution >= 4 is 11.3 Å². The fraction of sp³-hybridized carbons (Fsp3) is 0.400. The number of rotatable bonds is 5. The molecule has 1 N–H and O–H groups in total. The molecule has 0 amide bonds. The summed E-state index contributed by atoms with van der Waals surface area (Å²) in [4.78, 5) is 5.78. The van der Waals surface area contributed by atoms with Crippen molar-refractivity contribution in [2.24, 2.45) is 0 Å². The summed E-state index contributed by atoms with van der Waals surface area (Å²) in [5.41, 5.74) is 2.26. The van der Waals surface area contributed by atoms with Gasteiger partial charge < -0.3 is 10.1 Å². The van der Waals surface area contributed by atoms with E-state index in [2.05, 4.69) is 23.3 Å². The number of aromatic nitrogens is 1. The second-order valence-electron chi connectivity index (χ2n) is 4.38. The number of aryl methyl sites for hydroxylation is 2. The second-order valence-corrected chi connectivity index (χ2v) is 5.61. The monoisotopic (exact) mass is 276 g/mol. The molecular formula is C15H20N2OS. The van der Waals surface area contributed by atoms with Crippen LogP contribution in [0, 0.1) is 13.8 Å². The van der Waals surface area contributed by atoms with Gasteiger partial charge in [-0.3, -0.25) is 0 Å². The molecule has 1 aromatic heterocycles. The lowest BCUT2D eigenvalue weighted by Gasteiger charge is -2.19. The summed E-state index contributed by atoms with van der Waals surface area (Å²) < 4.78 is 5.73. The molecule has 3 nitrogen and oxygen atoms in total. The molecule has 2 rings (SSSR count). The molecular weight excluding hydrogens is 256 g/mol. The van der Waals surface area contributed by atoms with Crippen molar-refractivity contribution < 1.29 is 4.74 Å². The third-order valence-corrected chi connectivity index (χ3v) is 4.16. The van der Waals surface area contributed by atoms with Crippen LogP contribution in [0.4, 0.5) is 0 Å². The molecule has 0 bridgehead atoms. The molecule has 0 spiro atoms.